The molecule has 0 saturated carbocycles. The van der Waals surface area contributed by atoms with Crippen LogP contribution in [0.4, 0.5) is 0 Å². The van der Waals surface area contributed by atoms with Crippen LogP contribution in [0.5, 0.6) is 5.75 Å². The molecule has 0 fully saturated rings. The molecule has 0 atom stereocenters. The lowest BCUT2D eigenvalue weighted by Crippen LogP contribution is -1.83. The quantitative estimate of drug-likeness (QED) is 0.335. The van der Waals surface area contributed by atoms with Crippen molar-refractivity contribution in [3.8, 4) is 50.8 Å². The van der Waals surface area contributed by atoms with Crippen molar-refractivity contribution < 1.29 is 4.74 Å². The maximum Gasteiger partial charge on any atom is 0.119 e. The highest BCUT2D eigenvalue weighted by molar-refractivity contribution is 5.75. The summed E-state index contributed by atoms with van der Waals surface area (Å²) >= 11 is 0. The molecule has 0 unspecified atom stereocenters. The number of hydrogen-bond acceptors (Lipinski definition) is 3. The Morgan fingerprint density at radius 3 is 1.88 bits per heavy atom. The van der Waals surface area contributed by atoms with Crippen molar-refractivity contribution in [2.45, 2.75) is 13.3 Å². The number of hydrogen-bond donors (Lipinski definition) is 2. The third kappa shape index (κ3) is 3.93. The molecule has 0 amide bonds. The largest absolute Gasteiger partial charge is 0.497 e. The Kier molecular flexibility index (Phi) is 5.30. The van der Waals surface area contributed by atoms with Crippen LogP contribution in [0.1, 0.15) is 12.5 Å². The number of nitrogens with one attached hydrogen (secondary N) is 2. The fraction of sp³-hybridized carbons (Fsp3) is 0.111. The van der Waals surface area contributed by atoms with Crippen LogP contribution in [0, 0.1) is 0 Å². The highest BCUT2D eigenvalue weighted by atomic mass is 16.5. The zero-order chi connectivity index (χ0) is 21.9. The zero-order valence-corrected chi connectivity index (χ0v) is 18.1. The normalized spacial score (nSPS) is 10.9. The Labute approximate surface area is 187 Å². The Hall–Kier alpha value is -4.12. The summed E-state index contributed by atoms with van der Waals surface area (Å²) < 4.78 is 5.34. The van der Waals surface area contributed by atoms with Crippen LogP contribution in [-0.2, 0) is 6.42 Å². The predicted molar refractivity (Wildman–Crippen MR) is 128 cm³/mol. The molecule has 5 rings (SSSR count). The summed E-state index contributed by atoms with van der Waals surface area (Å²) in [5.74, 6) is 0.820. The molecule has 5 nitrogen and oxygen atoms in total. The van der Waals surface area contributed by atoms with E-state index in [-0.39, 0.29) is 0 Å². The second-order valence-electron chi connectivity index (χ2n) is 7.70. The van der Waals surface area contributed by atoms with Gasteiger partial charge in [-0.15, -0.1) is 0 Å². The van der Waals surface area contributed by atoms with Gasteiger partial charge in [-0.2, -0.15) is 10.2 Å². The Balaban J connectivity index is 1.43. The predicted octanol–water partition coefficient (Wildman–Crippen LogP) is 6.37. The molecular weight excluding hydrogens is 396 g/mol. The number of aromatic nitrogens is 4. The maximum atomic E-state index is 5.34. The zero-order valence-electron chi connectivity index (χ0n) is 18.1. The van der Waals surface area contributed by atoms with Gasteiger partial charge in [-0.05, 0) is 48.4 Å². The SMILES string of the molecule is CCc1cccc(-c2cc(-c3cccc(-c4cc(-c5cccc(OC)c5)[nH]n4)c3)[nH]n2)c1. The third-order valence-corrected chi connectivity index (χ3v) is 5.64. The Morgan fingerprint density at radius 1 is 0.656 bits per heavy atom. The number of methoxy groups -OCH3 is 1. The molecule has 0 saturated heterocycles. The summed E-state index contributed by atoms with van der Waals surface area (Å²) in [7, 11) is 1.67. The van der Waals surface area contributed by atoms with Crippen LogP contribution in [0.25, 0.3) is 45.0 Å². The summed E-state index contributed by atoms with van der Waals surface area (Å²) in [5, 5.41) is 15.4. The fourth-order valence-electron chi connectivity index (χ4n) is 3.82. The molecule has 0 aliphatic heterocycles. The lowest BCUT2D eigenvalue weighted by molar-refractivity contribution is 0.415. The van der Waals surface area contributed by atoms with E-state index < -0.39 is 0 Å². The number of H-pyrrole nitrogens is 2. The first-order valence-corrected chi connectivity index (χ1v) is 10.7. The Morgan fingerprint density at radius 2 is 1.22 bits per heavy atom. The molecular formula is C27H24N4O. The number of ether oxygens (including phenoxy) is 1. The van der Waals surface area contributed by atoms with Crippen LogP contribution < -0.4 is 4.74 Å². The van der Waals surface area contributed by atoms with Gasteiger partial charge < -0.3 is 4.74 Å². The second-order valence-corrected chi connectivity index (χ2v) is 7.70. The lowest BCUT2D eigenvalue weighted by atomic mass is 10.0. The monoisotopic (exact) mass is 420 g/mol. The lowest BCUT2D eigenvalue weighted by Gasteiger charge is -2.02. The number of rotatable bonds is 6. The highest BCUT2D eigenvalue weighted by Gasteiger charge is 2.10. The molecule has 2 aromatic heterocycles. The molecule has 2 N–H and O–H groups in total. The summed E-state index contributed by atoms with van der Waals surface area (Å²) in [5.41, 5.74) is 9.33. The molecule has 5 heteroatoms. The smallest absolute Gasteiger partial charge is 0.119 e. The van der Waals surface area contributed by atoms with Crippen molar-refractivity contribution in [2.75, 3.05) is 7.11 Å². The second kappa shape index (κ2) is 8.55. The average molecular weight is 421 g/mol. The van der Waals surface area contributed by atoms with Gasteiger partial charge in [-0.3, -0.25) is 10.2 Å². The van der Waals surface area contributed by atoms with Gasteiger partial charge in [0.05, 0.1) is 29.9 Å². The molecule has 0 radical (unpaired) electrons. The van der Waals surface area contributed by atoms with Gasteiger partial charge in [0, 0.05) is 22.3 Å². The van der Waals surface area contributed by atoms with Gasteiger partial charge in [-0.1, -0.05) is 55.5 Å². The van der Waals surface area contributed by atoms with E-state index in [1.165, 1.54) is 5.56 Å². The van der Waals surface area contributed by atoms with Gasteiger partial charge in [-0.25, -0.2) is 0 Å². The van der Waals surface area contributed by atoms with Crippen molar-refractivity contribution in [2.24, 2.45) is 0 Å². The van der Waals surface area contributed by atoms with Crippen molar-refractivity contribution in [3.63, 3.8) is 0 Å². The minimum Gasteiger partial charge on any atom is -0.497 e. The number of benzene rings is 3. The molecule has 0 aliphatic rings. The number of aryl methyl sites for hydroxylation is 1. The minimum atomic E-state index is 0.820. The van der Waals surface area contributed by atoms with E-state index in [4.69, 9.17) is 4.74 Å². The van der Waals surface area contributed by atoms with Gasteiger partial charge in [0.15, 0.2) is 0 Å². The van der Waals surface area contributed by atoms with Gasteiger partial charge in [0.25, 0.3) is 0 Å². The number of nitrogens with zero attached hydrogens (tertiary/aromatic N) is 2. The van der Waals surface area contributed by atoms with Crippen LogP contribution in [0.15, 0.2) is 84.9 Å². The summed E-state index contributed by atoms with van der Waals surface area (Å²) in [6, 6.07) is 28.9. The Bertz CT molecular complexity index is 1260. The summed E-state index contributed by atoms with van der Waals surface area (Å²) in [6.07, 6.45) is 1.01. The summed E-state index contributed by atoms with van der Waals surface area (Å²) in [6.45, 7) is 2.16. The first kappa shape index (κ1) is 19.8. The van der Waals surface area contributed by atoms with E-state index in [9.17, 15) is 0 Å². The van der Waals surface area contributed by atoms with Gasteiger partial charge in [0.2, 0.25) is 0 Å². The average Bonchev–Trinajstić information content (AvgIpc) is 3.55. The molecule has 3 aromatic carbocycles. The maximum absolute atomic E-state index is 5.34. The first-order chi connectivity index (χ1) is 15.7. The van der Waals surface area contributed by atoms with E-state index in [1.807, 2.05) is 30.3 Å². The molecule has 0 bridgehead atoms. The third-order valence-electron chi connectivity index (χ3n) is 5.64. The van der Waals surface area contributed by atoms with Crippen molar-refractivity contribution in [1.82, 2.24) is 20.4 Å². The topological polar surface area (TPSA) is 66.6 Å². The van der Waals surface area contributed by atoms with Crippen molar-refractivity contribution in [1.29, 1.82) is 0 Å². The molecule has 2 heterocycles. The highest BCUT2D eigenvalue weighted by Crippen LogP contribution is 2.30. The summed E-state index contributed by atoms with van der Waals surface area (Å²) in [4.78, 5) is 0. The van der Waals surface area contributed by atoms with E-state index in [1.54, 1.807) is 7.11 Å². The molecule has 0 spiro atoms. The van der Waals surface area contributed by atoms with Gasteiger partial charge in [0.1, 0.15) is 5.75 Å². The fourth-order valence-corrected chi connectivity index (χ4v) is 3.82. The molecule has 32 heavy (non-hydrogen) atoms. The van der Waals surface area contributed by atoms with E-state index >= 15 is 0 Å². The first-order valence-electron chi connectivity index (χ1n) is 10.7. The minimum absolute atomic E-state index is 0.820. The molecule has 0 aliphatic carbocycles. The molecule has 5 aromatic rings. The number of aromatic amines is 2. The van der Waals surface area contributed by atoms with Crippen molar-refractivity contribution in [3.05, 3.63) is 90.5 Å². The standard InChI is InChI=1S/C27H24N4O/c1-3-18-7-4-8-19(13-18)24-16-25(29-28-24)20-9-5-10-21(14-20)26-17-27(31-30-26)22-11-6-12-23(15-22)32-2/h4-17H,3H2,1-2H3,(H,28,29)(H,30,31). The van der Waals surface area contributed by atoms with Gasteiger partial charge >= 0.3 is 0 Å². The molecule has 158 valence electrons. The van der Waals surface area contributed by atoms with E-state index in [0.29, 0.717) is 0 Å². The van der Waals surface area contributed by atoms with E-state index in [0.717, 1.165) is 57.2 Å². The van der Waals surface area contributed by atoms with Crippen LogP contribution in [-0.4, -0.2) is 27.5 Å². The van der Waals surface area contributed by atoms with Crippen LogP contribution in [0.2, 0.25) is 0 Å². The van der Waals surface area contributed by atoms with Crippen molar-refractivity contribution >= 4 is 0 Å². The van der Waals surface area contributed by atoms with Crippen LogP contribution >= 0.6 is 0 Å². The van der Waals surface area contributed by atoms with E-state index in [2.05, 4.69) is 81.9 Å². The van der Waals surface area contributed by atoms with Crippen LogP contribution in [0.3, 0.4) is 0 Å².